The summed E-state index contributed by atoms with van der Waals surface area (Å²) in [6.07, 6.45) is 5.78. The fourth-order valence-electron chi connectivity index (χ4n) is 6.17. The summed E-state index contributed by atoms with van der Waals surface area (Å²) in [6.45, 7) is 5.18. The van der Waals surface area contributed by atoms with Gasteiger partial charge in [-0.15, -0.1) is 0 Å². The molecule has 1 heterocycles. The van der Waals surface area contributed by atoms with Gasteiger partial charge in [0.25, 0.3) is 0 Å². The van der Waals surface area contributed by atoms with Crippen LogP contribution in [-0.2, 0) is 0 Å². The minimum atomic E-state index is -0.530. The number of hydrogen-bond acceptors (Lipinski definition) is 5. The van der Waals surface area contributed by atoms with Gasteiger partial charge >= 0.3 is 0 Å². The number of methoxy groups -OCH3 is 1. The fraction of sp³-hybridized carbons (Fsp3) is 0.455. The summed E-state index contributed by atoms with van der Waals surface area (Å²) in [7, 11) is 1.68. The van der Waals surface area contributed by atoms with E-state index < -0.39 is 11.7 Å². The van der Waals surface area contributed by atoms with Crippen LogP contribution in [0.4, 0.5) is 0 Å². The van der Waals surface area contributed by atoms with Crippen LogP contribution >= 0.6 is 0 Å². The molecule has 5 nitrogen and oxygen atoms in total. The lowest BCUT2D eigenvalue weighted by Crippen LogP contribution is -2.43. The molecule has 2 N–H and O–H groups in total. The maximum absolute atomic E-state index is 10.5. The molecule has 3 atom stereocenters. The van der Waals surface area contributed by atoms with Crippen molar-refractivity contribution in [3.8, 4) is 17.2 Å². The molecule has 5 heteroatoms. The van der Waals surface area contributed by atoms with Crippen LogP contribution in [0, 0.1) is 0 Å². The van der Waals surface area contributed by atoms with E-state index in [0.717, 1.165) is 22.8 Å². The van der Waals surface area contributed by atoms with Gasteiger partial charge in [-0.1, -0.05) is 67.8 Å². The second-order valence-corrected chi connectivity index (χ2v) is 11.3. The normalized spacial score (nSPS) is 21.7. The summed E-state index contributed by atoms with van der Waals surface area (Å²) in [5.41, 5.74) is 3.17. The Hall–Kier alpha value is -3.02. The molecule has 1 aliphatic heterocycles. The first-order valence-electron chi connectivity index (χ1n) is 14.0. The Labute approximate surface area is 227 Å². The Morgan fingerprint density at radius 1 is 0.921 bits per heavy atom. The Balaban J connectivity index is 1.34. The van der Waals surface area contributed by atoms with Crippen LogP contribution in [-0.4, -0.2) is 43.1 Å². The van der Waals surface area contributed by atoms with Crippen molar-refractivity contribution in [2.45, 2.75) is 75.5 Å². The van der Waals surface area contributed by atoms with E-state index in [1.54, 1.807) is 7.11 Å². The average Bonchev–Trinajstić information content (AvgIpc) is 2.94. The number of nitrogens with one attached hydrogen (secondary N) is 1. The monoisotopic (exact) mass is 515 g/mol. The summed E-state index contributed by atoms with van der Waals surface area (Å²) in [4.78, 5) is 0. The number of hydrogen-bond donors (Lipinski definition) is 2. The van der Waals surface area contributed by atoms with E-state index in [1.165, 1.54) is 43.2 Å². The van der Waals surface area contributed by atoms with E-state index >= 15 is 0 Å². The summed E-state index contributed by atoms with van der Waals surface area (Å²) in [5, 5.41) is 14.0. The standard InChI is InChI=1S/C33H41NO4/c1-33(2)32(24-10-6-4-7-11-24)31(29-19-18-28(36-3)20-30(29)38-33)23-14-16-27(17-15-23)37-22-26(35)21-34-25-12-8-5-9-13-25/h4,6-7,10-11,14-20,25-26,31-32,34-35H,5,8-9,12-13,21-22H2,1-3H3/t26-,31-,32+/m1/s1. The van der Waals surface area contributed by atoms with E-state index in [2.05, 4.69) is 67.7 Å². The second-order valence-electron chi connectivity index (χ2n) is 11.3. The van der Waals surface area contributed by atoms with Gasteiger partial charge in [-0.3, -0.25) is 0 Å². The zero-order chi connectivity index (χ0) is 26.5. The Morgan fingerprint density at radius 2 is 1.63 bits per heavy atom. The van der Waals surface area contributed by atoms with Gasteiger partial charge < -0.3 is 24.6 Å². The highest BCUT2D eigenvalue weighted by Crippen LogP contribution is 2.53. The lowest BCUT2D eigenvalue weighted by atomic mass is 9.68. The molecule has 5 rings (SSSR count). The van der Waals surface area contributed by atoms with Crippen LogP contribution in [0.5, 0.6) is 17.2 Å². The van der Waals surface area contributed by atoms with Crippen LogP contribution in [0.2, 0.25) is 0 Å². The summed E-state index contributed by atoms with van der Waals surface area (Å²) in [5.74, 6) is 2.63. The minimum Gasteiger partial charge on any atom is -0.497 e. The number of aliphatic hydroxyl groups excluding tert-OH is 1. The second kappa shape index (κ2) is 11.8. The SMILES string of the molecule is COc1ccc2c(c1)OC(C)(C)[C@@H](c1ccccc1)[C@@H]2c1ccc(OC[C@H](O)CNC2CCCCC2)cc1. The van der Waals surface area contributed by atoms with Crippen LogP contribution in [0.3, 0.4) is 0 Å². The Morgan fingerprint density at radius 3 is 2.34 bits per heavy atom. The van der Waals surface area contributed by atoms with Crippen molar-refractivity contribution in [2.75, 3.05) is 20.3 Å². The molecule has 0 bridgehead atoms. The lowest BCUT2D eigenvalue weighted by molar-refractivity contribution is 0.0528. The summed E-state index contributed by atoms with van der Waals surface area (Å²) < 4.78 is 18.1. The number of rotatable bonds is 9. The first kappa shape index (κ1) is 26.6. The molecule has 3 aromatic rings. The first-order chi connectivity index (χ1) is 18.4. The van der Waals surface area contributed by atoms with Gasteiger partial charge in [-0.25, -0.2) is 0 Å². The summed E-state index contributed by atoms with van der Waals surface area (Å²) in [6, 6.07) is 25.6. The van der Waals surface area contributed by atoms with Crippen molar-refractivity contribution >= 4 is 0 Å². The topological polar surface area (TPSA) is 60.0 Å². The van der Waals surface area contributed by atoms with E-state index in [0.29, 0.717) is 12.6 Å². The zero-order valence-electron chi connectivity index (χ0n) is 22.9. The molecule has 0 amide bonds. The molecule has 1 saturated carbocycles. The van der Waals surface area contributed by atoms with Gasteiger partial charge in [0, 0.05) is 36.1 Å². The molecule has 38 heavy (non-hydrogen) atoms. The molecule has 0 spiro atoms. The van der Waals surface area contributed by atoms with Crippen LogP contribution in [0.15, 0.2) is 72.8 Å². The quantitative estimate of drug-likeness (QED) is 0.343. The van der Waals surface area contributed by atoms with Crippen molar-refractivity contribution in [1.82, 2.24) is 5.32 Å². The summed E-state index contributed by atoms with van der Waals surface area (Å²) >= 11 is 0. The minimum absolute atomic E-state index is 0.0985. The van der Waals surface area contributed by atoms with Gasteiger partial charge in [-0.2, -0.15) is 0 Å². The first-order valence-corrected chi connectivity index (χ1v) is 14.0. The molecule has 0 saturated heterocycles. The number of aliphatic hydroxyl groups is 1. The molecule has 1 aliphatic carbocycles. The largest absolute Gasteiger partial charge is 0.497 e. The number of ether oxygens (including phenoxy) is 3. The highest BCUT2D eigenvalue weighted by Gasteiger charge is 2.45. The predicted octanol–water partition coefficient (Wildman–Crippen LogP) is 6.44. The lowest BCUT2D eigenvalue weighted by Gasteiger charge is -2.45. The van der Waals surface area contributed by atoms with Gasteiger partial charge in [0.1, 0.15) is 35.6 Å². The van der Waals surface area contributed by atoms with Crippen LogP contribution < -0.4 is 19.5 Å². The van der Waals surface area contributed by atoms with Crippen molar-refractivity contribution < 1.29 is 19.3 Å². The molecule has 0 aromatic heterocycles. The van der Waals surface area contributed by atoms with E-state index in [1.807, 2.05) is 24.3 Å². The molecule has 2 aliphatic rings. The molecule has 0 unspecified atom stereocenters. The van der Waals surface area contributed by atoms with Crippen LogP contribution in [0.25, 0.3) is 0 Å². The third-order valence-electron chi connectivity index (χ3n) is 8.10. The highest BCUT2D eigenvalue weighted by molar-refractivity contribution is 5.52. The molecular formula is C33H41NO4. The van der Waals surface area contributed by atoms with Crippen molar-refractivity contribution in [2.24, 2.45) is 0 Å². The predicted molar refractivity (Wildman–Crippen MR) is 152 cm³/mol. The average molecular weight is 516 g/mol. The molecule has 3 aromatic carbocycles. The van der Waals surface area contributed by atoms with Gasteiger partial charge in [-0.05, 0) is 56.0 Å². The zero-order valence-corrected chi connectivity index (χ0v) is 22.9. The molecule has 202 valence electrons. The molecule has 1 fully saturated rings. The number of fused-ring (bicyclic) bond motifs is 1. The van der Waals surface area contributed by atoms with E-state index in [9.17, 15) is 5.11 Å². The Bertz CT molecular complexity index is 1170. The van der Waals surface area contributed by atoms with E-state index in [-0.39, 0.29) is 18.4 Å². The van der Waals surface area contributed by atoms with Crippen molar-refractivity contribution in [1.29, 1.82) is 0 Å². The third-order valence-corrected chi connectivity index (χ3v) is 8.10. The Kier molecular flexibility index (Phi) is 8.25. The molecule has 0 radical (unpaired) electrons. The maximum Gasteiger partial charge on any atom is 0.127 e. The maximum atomic E-state index is 10.5. The van der Waals surface area contributed by atoms with E-state index in [4.69, 9.17) is 14.2 Å². The van der Waals surface area contributed by atoms with Gasteiger partial charge in [0.15, 0.2) is 0 Å². The fourth-order valence-corrected chi connectivity index (χ4v) is 6.17. The van der Waals surface area contributed by atoms with Gasteiger partial charge in [0.05, 0.1) is 7.11 Å². The smallest absolute Gasteiger partial charge is 0.127 e. The number of benzene rings is 3. The third kappa shape index (κ3) is 6.00. The van der Waals surface area contributed by atoms with Crippen LogP contribution in [0.1, 0.15) is 74.5 Å². The molecular weight excluding hydrogens is 474 g/mol. The van der Waals surface area contributed by atoms with Crippen molar-refractivity contribution in [3.63, 3.8) is 0 Å². The van der Waals surface area contributed by atoms with Crippen molar-refractivity contribution in [3.05, 3.63) is 89.5 Å². The highest BCUT2D eigenvalue weighted by atomic mass is 16.5. The van der Waals surface area contributed by atoms with Gasteiger partial charge in [0.2, 0.25) is 0 Å².